The van der Waals surface area contributed by atoms with Gasteiger partial charge >= 0.3 is 5.97 Å². The van der Waals surface area contributed by atoms with Crippen LogP contribution in [0.3, 0.4) is 0 Å². The zero-order valence-corrected chi connectivity index (χ0v) is 11.5. The topological polar surface area (TPSA) is 44.8 Å². The molecule has 0 amide bonds. The number of esters is 1. The van der Waals surface area contributed by atoms with Crippen molar-refractivity contribution in [3.63, 3.8) is 0 Å². The van der Waals surface area contributed by atoms with Crippen LogP contribution in [0.2, 0.25) is 0 Å². The highest BCUT2D eigenvalue weighted by Crippen LogP contribution is 2.30. The van der Waals surface area contributed by atoms with E-state index in [1.807, 2.05) is 41.5 Å². The van der Waals surface area contributed by atoms with Crippen LogP contribution in [-0.4, -0.2) is 23.5 Å². The molecule has 0 bridgehead atoms. The van der Waals surface area contributed by atoms with Crippen molar-refractivity contribution >= 4 is 5.97 Å². The Bertz CT molecular complexity index is 323. The molecule has 1 aliphatic rings. The molecule has 0 aromatic carbocycles. The summed E-state index contributed by atoms with van der Waals surface area (Å²) in [6.07, 6.45) is 1.82. The highest BCUT2D eigenvalue weighted by atomic mass is 16.7. The van der Waals surface area contributed by atoms with Crippen LogP contribution in [0.4, 0.5) is 0 Å². The highest BCUT2D eigenvalue weighted by Gasteiger charge is 2.34. The summed E-state index contributed by atoms with van der Waals surface area (Å²) < 4.78 is 16.3. The molecule has 4 nitrogen and oxygen atoms in total. The minimum absolute atomic E-state index is 0.118. The summed E-state index contributed by atoms with van der Waals surface area (Å²) in [5.41, 5.74) is -0.451. The Balaban J connectivity index is 2.52. The van der Waals surface area contributed by atoms with Gasteiger partial charge in [-0.05, 0) is 33.8 Å². The molecule has 1 heterocycles. The van der Waals surface area contributed by atoms with Crippen molar-refractivity contribution in [3.05, 3.63) is 11.8 Å². The molecule has 4 heteroatoms. The summed E-state index contributed by atoms with van der Waals surface area (Å²) in [5.74, 6) is -0.175. The molecular weight excluding hydrogens is 220 g/mol. The van der Waals surface area contributed by atoms with Gasteiger partial charge in [0.1, 0.15) is 17.5 Å². The Morgan fingerprint density at radius 3 is 2.47 bits per heavy atom. The quantitative estimate of drug-likeness (QED) is 0.698. The van der Waals surface area contributed by atoms with Crippen molar-refractivity contribution in [2.24, 2.45) is 0 Å². The standard InChI is InChI=1S/C13H22O4/c1-9-10(16-13(5,6)15-9)7-8-11(14)17-12(2,3)4/h7,9H,8H2,1-6H3/b10-7-/t9-/m0/s1. The van der Waals surface area contributed by atoms with Gasteiger partial charge in [-0.3, -0.25) is 4.79 Å². The lowest BCUT2D eigenvalue weighted by Gasteiger charge is -2.19. The Morgan fingerprint density at radius 1 is 1.47 bits per heavy atom. The summed E-state index contributed by atoms with van der Waals surface area (Å²) in [4.78, 5) is 11.5. The second kappa shape index (κ2) is 4.69. The van der Waals surface area contributed by atoms with E-state index in [2.05, 4.69) is 0 Å². The summed E-state index contributed by atoms with van der Waals surface area (Å²) in [6, 6.07) is 0. The van der Waals surface area contributed by atoms with Crippen LogP contribution in [0.1, 0.15) is 48.0 Å². The summed E-state index contributed by atoms with van der Waals surface area (Å²) in [7, 11) is 0. The number of carbonyl (C=O) groups excluding carboxylic acids is 1. The molecule has 0 spiro atoms. The second-order valence-corrected chi connectivity index (χ2v) is 5.66. The third kappa shape index (κ3) is 4.77. The Morgan fingerprint density at radius 2 is 2.06 bits per heavy atom. The number of hydrogen-bond donors (Lipinski definition) is 0. The lowest BCUT2D eigenvalue weighted by atomic mass is 10.2. The molecule has 1 atom stereocenters. The Kier molecular flexibility index (Phi) is 3.87. The van der Waals surface area contributed by atoms with Gasteiger partial charge in [0, 0.05) is 13.8 Å². The smallest absolute Gasteiger partial charge is 0.310 e. The van der Waals surface area contributed by atoms with Gasteiger partial charge in [-0.1, -0.05) is 0 Å². The van der Waals surface area contributed by atoms with Crippen molar-refractivity contribution in [2.75, 3.05) is 0 Å². The van der Waals surface area contributed by atoms with Crippen LogP contribution >= 0.6 is 0 Å². The second-order valence-electron chi connectivity index (χ2n) is 5.66. The number of hydrogen-bond acceptors (Lipinski definition) is 4. The summed E-state index contributed by atoms with van der Waals surface area (Å²) >= 11 is 0. The maximum Gasteiger partial charge on any atom is 0.310 e. The molecular formula is C13H22O4. The van der Waals surface area contributed by atoms with Gasteiger partial charge < -0.3 is 14.2 Å². The van der Waals surface area contributed by atoms with Crippen LogP contribution in [0, 0.1) is 0 Å². The molecule has 17 heavy (non-hydrogen) atoms. The van der Waals surface area contributed by atoms with E-state index in [4.69, 9.17) is 14.2 Å². The molecule has 0 saturated carbocycles. The largest absolute Gasteiger partial charge is 0.465 e. The van der Waals surface area contributed by atoms with Crippen molar-refractivity contribution in [1.29, 1.82) is 0 Å². The Labute approximate surface area is 103 Å². The van der Waals surface area contributed by atoms with E-state index in [0.717, 1.165) is 0 Å². The number of rotatable bonds is 2. The zero-order valence-electron chi connectivity index (χ0n) is 11.5. The number of carbonyl (C=O) groups is 1. The van der Waals surface area contributed by atoms with E-state index in [9.17, 15) is 4.79 Å². The number of ether oxygens (including phenoxy) is 3. The maximum atomic E-state index is 11.5. The van der Waals surface area contributed by atoms with Gasteiger partial charge in [-0.15, -0.1) is 0 Å². The van der Waals surface area contributed by atoms with Gasteiger partial charge in [0.25, 0.3) is 0 Å². The van der Waals surface area contributed by atoms with Crippen LogP contribution < -0.4 is 0 Å². The first-order valence-electron chi connectivity index (χ1n) is 5.88. The molecule has 0 aromatic heterocycles. The molecule has 1 fully saturated rings. The van der Waals surface area contributed by atoms with Crippen LogP contribution in [-0.2, 0) is 19.0 Å². The lowest BCUT2D eigenvalue weighted by molar-refractivity contribution is -0.153. The predicted molar refractivity (Wildman–Crippen MR) is 64.3 cm³/mol. The van der Waals surface area contributed by atoms with E-state index in [1.54, 1.807) is 6.08 Å². The molecule has 1 saturated heterocycles. The van der Waals surface area contributed by atoms with E-state index >= 15 is 0 Å². The molecule has 0 radical (unpaired) electrons. The molecule has 0 unspecified atom stereocenters. The van der Waals surface area contributed by atoms with Crippen molar-refractivity contribution < 1.29 is 19.0 Å². The zero-order chi connectivity index (χ0) is 13.3. The fourth-order valence-corrected chi connectivity index (χ4v) is 1.65. The van der Waals surface area contributed by atoms with Gasteiger partial charge in [-0.25, -0.2) is 0 Å². The van der Waals surface area contributed by atoms with Gasteiger partial charge in [0.2, 0.25) is 5.79 Å². The average Bonchev–Trinajstić information content (AvgIpc) is 2.33. The minimum Gasteiger partial charge on any atom is -0.465 e. The third-order valence-electron chi connectivity index (χ3n) is 2.11. The fourth-order valence-electron chi connectivity index (χ4n) is 1.65. The molecule has 0 aromatic rings. The first kappa shape index (κ1) is 14.0. The Hall–Kier alpha value is -1.03. The minimum atomic E-state index is -0.612. The third-order valence-corrected chi connectivity index (χ3v) is 2.11. The van der Waals surface area contributed by atoms with Crippen molar-refractivity contribution in [1.82, 2.24) is 0 Å². The van der Waals surface area contributed by atoms with Gasteiger partial charge in [-0.2, -0.15) is 0 Å². The van der Waals surface area contributed by atoms with Crippen LogP contribution in [0.15, 0.2) is 11.8 Å². The van der Waals surface area contributed by atoms with E-state index in [-0.39, 0.29) is 18.5 Å². The predicted octanol–water partition coefficient (Wildman–Crippen LogP) is 2.77. The van der Waals surface area contributed by atoms with E-state index < -0.39 is 11.4 Å². The van der Waals surface area contributed by atoms with Crippen LogP contribution in [0.5, 0.6) is 0 Å². The van der Waals surface area contributed by atoms with Crippen molar-refractivity contribution in [3.8, 4) is 0 Å². The SMILES string of the molecule is C[C@@H]1OC(C)(C)O/C1=C\CC(=O)OC(C)(C)C. The van der Waals surface area contributed by atoms with Gasteiger partial charge in [0.15, 0.2) is 0 Å². The molecule has 0 aliphatic carbocycles. The van der Waals surface area contributed by atoms with Crippen LogP contribution in [0.25, 0.3) is 0 Å². The fraction of sp³-hybridized carbons (Fsp3) is 0.769. The lowest BCUT2D eigenvalue weighted by Crippen LogP contribution is -2.23. The normalized spacial score (nSPS) is 25.8. The average molecular weight is 242 g/mol. The highest BCUT2D eigenvalue weighted by molar-refractivity contribution is 5.71. The monoisotopic (exact) mass is 242 g/mol. The molecule has 0 N–H and O–H groups in total. The maximum absolute atomic E-state index is 11.5. The summed E-state index contributed by atoms with van der Waals surface area (Å²) in [5, 5.41) is 0. The van der Waals surface area contributed by atoms with Crippen molar-refractivity contribution in [2.45, 2.75) is 65.5 Å². The van der Waals surface area contributed by atoms with E-state index in [0.29, 0.717) is 5.76 Å². The first-order chi connectivity index (χ1) is 7.59. The summed E-state index contributed by atoms with van der Waals surface area (Å²) in [6.45, 7) is 11.1. The molecule has 1 rings (SSSR count). The first-order valence-corrected chi connectivity index (χ1v) is 5.88. The molecule has 1 aliphatic heterocycles. The van der Waals surface area contributed by atoms with Gasteiger partial charge in [0.05, 0.1) is 6.42 Å². The molecule has 98 valence electrons. The van der Waals surface area contributed by atoms with E-state index in [1.165, 1.54) is 0 Å².